The summed E-state index contributed by atoms with van der Waals surface area (Å²) in [5, 5.41) is 0. The van der Waals surface area contributed by atoms with Gasteiger partial charge in [-0.3, -0.25) is 0 Å². The average molecular weight is 236 g/mol. The predicted molar refractivity (Wildman–Crippen MR) is 60.0 cm³/mol. The zero-order chi connectivity index (χ0) is 10.7. The first-order valence-corrected chi connectivity index (χ1v) is 4.71. The van der Waals surface area contributed by atoms with Crippen molar-refractivity contribution in [2.45, 2.75) is 26.3 Å². The quantitative estimate of drug-likeness (QED) is 0.854. The number of rotatable bonds is 3. The molecule has 1 rings (SSSR count). The minimum Gasteiger partial charge on any atom is -0.324 e. The van der Waals surface area contributed by atoms with E-state index in [1.165, 1.54) is 12.1 Å². The Hall–Kier alpha value is -0.670. The van der Waals surface area contributed by atoms with Crippen molar-refractivity contribution in [3.63, 3.8) is 0 Å². The molecule has 0 saturated heterocycles. The summed E-state index contributed by atoms with van der Waals surface area (Å²) in [4.78, 5) is 0. The summed E-state index contributed by atoms with van der Waals surface area (Å²) >= 11 is 0. The maximum absolute atomic E-state index is 12.8. The first kappa shape index (κ1) is 14.3. The van der Waals surface area contributed by atoms with Gasteiger partial charge < -0.3 is 5.73 Å². The van der Waals surface area contributed by atoms with Crippen LogP contribution in [0.4, 0.5) is 8.78 Å². The monoisotopic (exact) mass is 235 g/mol. The largest absolute Gasteiger partial charge is 0.324 e. The lowest BCUT2D eigenvalue weighted by Crippen LogP contribution is -2.13. The molecule has 1 unspecified atom stereocenters. The van der Waals surface area contributed by atoms with Crippen molar-refractivity contribution < 1.29 is 8.78 Å². The summed E-state index contributed by atoms with van der Waals surface area (Å²) in [5.41, 5.74) is 6.48. The van der Waals surface area contributed by atoms with Gasteiger partial charge in [-0.2, -0.15) is 0 Å². The Balaban J connectivity index is 0.00000196. The van der Waals surface area contributed by atoms with Crippen LogP contribution in [0.15, 0.2) is 18.2 Å². The maximum Gasteiger partial charge on any atom is 0.159 e. The van der Waals surface area contributed by atoms with Crippen molar-refractivity contribution >= 4 is 12.4 Å². The van der Waals surface area contributed by atoms with Crippen LogP contribution in [0.3, 0.4) is 0 Å². The van der Waals surface area contributed by atoms with Crippen LogP contribution in [-0.4, -0.2) is 0 Å². The SMILES string of the molecule is CC(C)CC(N)c1ccc(F)c(F)c1.Cl. The first-order chi connectivity index (χ1) is 6.50. The molecule has 0 radical (unpaired) electrons. The molecule has 1 aromatic carbocycles. The van der Waals surface area contributed by atoms with Crippen LogP contribution in [0, 0.1) is 17.6 Å². The van der Waals surface area contributed by atoms with Gasteiger partial charge in [0.05, 0.1) is 0 Å². The molecule has 1 aromatic rings. The molecule has 0 fully saturated rings. The van der Waals surface area contributed by atoms with Crippen LogP contribution < -0.4 is 5.73 Å². The minimum atomic E-state index is -0.832. The van der Waals surface area contributed by atoms with Gasteiger partial charge in [0.15, 0.2) is 11.6 Å². The smallest absolute Gasteiger partial charge is 0.159 e. The Morgan fingerprint density at radius 3 is 2.27 bits per heavy atom. The highest BCUT2D eigenvalue weighted by molar-refractivity contribution is 5.85. The molecule has 4 heteroatoms. The second-order valence-electron chi connectivity index (χ2n) is 3.91. The molecule has 1 atom stereocenters. The number of benzene rings is 1. The molecule has 0 bridgehead atoms. The van der Waals surface area contributed by atoms with Gasteiger partial charge in [-0.25, -0.2) is 8.78 Å². The van der Waals surface area contributed by atoms with Gasteiger partial charge in [-0.15, -0.1) is 12.4 Å². The van der Waals surface area contributed by atoms with Gasteiger partial charge in [0.1, 0.15) is 0 Å². The Bertz CT molecular complexity index is 315. The third-order valence-electron chi connectivity index (χ3n) is 2.10. The maximum atomic E-state index is 12.8. The lowest BCUT2D eigenvalue weighted by atomic mass is 9.98. The van der Waals surface area contributed by atoms with E-state index in [2.05, 4.69) is 0 Å². The molecule has 0 saturated carbocycles. The summed E-state index contributed by atoms with van der Waals surface area (Å²) in [6, 6.07) is 3.60. The van der Waals surface area contributed by atoms with Crippen LogP contribution in [0.2, 0.25) is 0 Å². The van der Waals surface area contributed by atoms with Crippen LogP contribution in [0.1, 0.15) is 31.9 Å². The van der Waals surface area contributed by atoms with Gasteiger partial charge in [0.25, 0.3) is 0 Å². The van der Waals surface area contributed by atoms with Crippen molar-refractivity contribution in [1.82, 2.24) is 0 Å². The van der Waals surface area contributed by atoms with Gasteiger partial charge >= 0.3 is 0 Å². The second-order valence-corrected chi connectivity index (χ2v) is 3.91. The number of nitrogens with two attached hydrogens (primary N) is 1. The van der Waals surface area contributed by atoms with Crippen molar-refractivity contribution in [1.29, 1.82) is 0 Å². The molecular weight excluding hydrogens is 220 g/mol. The van der Waals surface area contributed by atoms with Crippen LogP contribution in [0.25, 0.3) is 0 Å². The number of hydrogen-bond donors (Lipinski definition) is 1. The average Bonchev–Trinajstić information content (AvgIpc) is 2.08. The van der Waals surface area contributed by atoms with Gasteiger partial charge in [0.2, 0.25) is 0 Å². The molecule has 0 aliphatic heterocycles. The van der Waals surface area contributed by atoms with Crippen molar-refractivity contribution in [2.75, 3.05) is 0 Å². The molecule has 0 heterocycles. The fourth-order valence-corrected chi connectivity index (χ4v) is 1.39. The van der Waals surface area contributed by atoms with Crippen LogP contribution >= 0.6 is 12.4 Å². The zero-order valence-corrected chi connectivity index (χ0v) is 9.65. The molecule has 0 aliphatic rings. The minimum absolute atomic E-state index is 0. The standard InChI is InChI=1S/C11H15F2N.ClH/c1-7(2)5-11(14)8-3-4-9(12)10(13)6-8;/h3-4,6-7,11H,5,14H2,1-2H3;1H. The third kappa shape index (κ3) is 4.14. The Kier molecular flexibility index (Phi) is 5.76. The predicted octanol–water partition coefficient (Wildman–Crippen LogP) is 3.43. The molecule has 0 spiro atoms. The van der Waals surface area contributed by atoms with E-state index in [-0.39, 0.29) is 18.4 Å². The highest BCUT2D eigenvalue weighted by atomic mass is 35.5. The highest BCUT2D eigenvalue weighted by Crippen LogP contribution is 2.20. The third-order valence-corrected chi connectivity index (χ3v) is 2.10. The first-order valence-electron chi connectivity index (χ1n) is 4.71. The summed E-state index contributed by atoms with van der Waals surface area (Å²) in [6.07, 6.45) is 0.769. The number of halogens is 3. The van der Waals surface area contributed by atoms with Crippen molar-refractivity contribution in [2.24, 2.45) is 11.7 Å². The molecule has 0 aliphatic carbocycles. The normalized spacial score (nSPS) is 12.4. The van der Waals surface area contributed by atoms with E-state index >= 15 is 0 Å². The topological polar surface area (TPSA) is 26.0 Å². The molecule has 15 heavy (non-hydrogen) atoms. The van der Waals surface area contributed by atoms with Gasteiger partial charge in [0, 0.05) is 6.04 Å². The fraction of sp³-hybridized carbons (Fsp3) is 0.455. The molecule has 0 amide bonds. The summed E-state index contributed by atoms with van der Waals surface area (Å²) < 4.78 is 25.5. The summed E-state index contributed by atoms with van der Waals surface area (Å²) in [5.74, 6) is -1.22. The van der Waals surface area contributed by atoms with E-state index in [1.54, 1.807) is 0 Å². The second kappa shape index (κ2) is 6.03. The van der Waals surface area contributed by atoms with Crippen LogP contribution in [-0.2, 0) is 0 Å². The summed E-state index contributed by atoms with van der Waals surface area (Å²) in [7, 11) is 0. The Labute approximate surface area is 95.1 Å². The van der Waals surface area contributed by atoms with Crippen molar-refractivity contribution in [3.8, 4) is 0 Å². The molecular formula is C11H16ClF2N. The van der Waals surface area contributed by atoms with Gasteiger partial charge in [-0.05, 0) is 30.0 Å². The van der Waals surface area contributed by atoms with Crippen molar-refractivity contribution in [3.05, 3.63) is 35.4 Å². The van der Waals surface area contributed by atoms with E-state index in [0.29, 0.717) is 11.5 Å². The fourth-order valence-electron chi connectivity index (χ4n) is 1.39. The lowest BCUT2D eigenvalue weighted by Gasteiger charge is -2.14. The molecule has 86 valence electrons. The number of hydrogen-bond acceptors (Lipinski definition) is 1. The van der Waals surface area contributed by atoms with E-state index in [9.17, 15) is 8.78 Å². The molecule has 1 nitrogen and oxygen atoms in total. The molecule has 2 N–H and O–H groups in total. The van der Waals surface area contributed by atoms with Crippen LogP contribution in [0.5, 0.6) is 0 Å². The van der Waals surface area contributed by atoms with E-state index < -0.39 is 11.6 Å². The van der Waals surface area contributed by atoms with E-state index in [4.69, 9.17) is 5.73 Å². The molecule has 0 aromatic heterocycles. The van der Waals surface area contributed by atoms with Gasteiger partial charge in [-0.1, -0.05) is 19.9 Å². The Morgan fingerprint density at radius 1 is 1.20 bits per heavy atom. The Morgan fingerprint density at radius 2 is 1.80 bits per heavy atom. The summed E-state index contributed by atoms with van der Waals surface area (Å²) in [6.45, 7) is 4.08. The van der Waals surface area contributed by atoms with E-state index in [1.807, 2.05) is 13.8 Å². The van der Waals surface area contributed by atoms with E-state index in [0.717, 1.165) is 12.5 Å². The zero-order valence-electron chi connectivity index (χ0n) is 8.84. The highest BCUT2D eigenvalue weighted by Gasteiger charge is 2.10. The lowest BCUT2D eigenvalue weighted by molar-refractivity contribution is 0.489.